The van der Waals surface area contributed by atoms with Gasteiger partial charge in [-0.15, -0.1) is 0 Å². The Morgan fingerprint density at radius 2 is 1.95 bits per heavy atom. The molecule has 21 heavy (non-hydrogen) atoms. The highest BCUT2D eigenvalue weighted by atomic mass is 16.3. The Labute approximate surface area is 120 Å². The SMILES string of the molecule is O=c1c(O)c(CCc2cn[nH]n2)ccn1-c1ccccc1. The van der Waals surface area contributed by atoms with E-state index in [0.717, 1.165) is 11.4 Å². The van der Waals surface area contributed by atoms with E-state index in [9.17, 15) is 9.90 Å². The molecule has 1 aromatic carbocycles. The van der Waals surface area contributed by atoms with Gasteiger partial charge < -0.3 is 5.11 Å². The normalized spacial score (nSPS) is 10.7. The van der Waals surface area contributed by atoms with E-state index in [1.54, 1.807) is 18.5 Å². The fourth-order valence-corrected chi connectivity index (χ4v) is 2.16. The van der Waals surface area contributed by atoms with Crippen molar-refractivity contribution < 1.29 is 5.11 Å². The molecule has 0 saturated carbocycles. The molecule has 0 spiro atoms. The molecule has 0 amide bonds. The second-order valence-corrected chi connectivity index (χ2v) is 4.66. The molecule has 0 aliphatic heterocycles. The highest BCUT2D eigenvalue weighted by Crippen LogP contribution is 2.15. The predicted molar refractivity (Wildman–Crippen MR) is 77.5 cm³/mol. The lowest BCUT2D eigenvalue weighted by atomic mass is 10.1. The number of H-pyrrole nitrogens is 1. The number of benzene rings is 1. The van der Waals surface area contributed by atoms with Gasteiger partial charge in [-0.1, -0.05) is 18.2 Å². The van der Waals surface area contributed by atoms with E-state index in [2.05, 4.69) is 15.4 Å². The van der Waals surface area contributed by atoms with E-state index in [4.69, 9.17) is 0 Å². The summed E-state index contributed by atoms with van der Waals surface area (Å²) in [5, 5.41) is 20.3. The standard InChI is InChI=1S/C15H14N4O2/c20-14-11(6-7-12-10-16-18-17-12)8-9-19(15(14)21)13-4-2-1-3-5-13/h1-5,8-10,20H,6-7H2,(H,16,17,18). The molecule has 0 aliphatic carbocycles. The number of nitrogens with zero attached hydrogens (tertiary/aromatic N) is 3. The number of para-hydroxylation sites is 1. The molecule has 0 aliphatic rings. The van der Waals surface area contributed by atoms with Crippen molar-refractivity contribution in [3.8, 4) is 11.4 Å². The monoisotopic (exact) mass is 282 g/mol. The first-order chi connectivity index (χ1) is 10.3. The van der Waals surface area contributed by atoms with Gasteiger partial charge in [0.2, 0.25) is 0 Å². The van der Waals surface area contributed by atoms with Crippen LogP contribution in [-0.2, 0) is 12.8 Å². The third kappa shape index (κ3) is 2.69. The van der Waals surface area contributed by atoms with Gasteiger partial charge in [0.25, 0.3) is 5.56 Å². The van der Waals surface area contributed by atoms with Crippen molar-refractivity contribution in [2.24, 2.45) is 0 Å². The molecular weight excluding hydrogens is 268 g/mol. The van der Waals surface area contributed by atoms with Crippen LogP contribution in [0.1, 0.15) is 11.3 Å². The Morgan fingerprint density at radius 3 is 2.67 bits per heavy atom. The third-order valence-corrected chi connectivity index (χ3v) is 3.30. The number of rotatable bonds is 4. The molecule has 2 heterocycles. The number of aromatic amines is 1. The lowest BCUT2D eigenvalue weighted by Crippen LogP contribution is -2.18. The van der Waals surface area contributed by atoms with Crippen LogP contribution in [0, 0.1) is 0 Å². The van der Waals surface area contributed by atoms with Crippen LogP contribution < -0.4 is 5.56 Å². The summed E-state index contributed by atoms with van der Waals surface area (Å²) in [4.78, 5) is 12.2. The van der Waals surface area contributed by atoms with Gasteiger partial charge in [0.1, 0.15) is 0 Å². The van der Waals surface area contributed by atoms with Crippen LogP contribution in [0.5, 0.6) is 5.75 Å². The number of hydrogen-bond donors (Lipinski definition) is 2. The zero-order valence-electron chi connectivity index (χ0n) is 11.2. The van der Waals surface area contributed by atoms with Crippen molar-refractivity contribution in [3.05, 3.63) is 70.4 Å². The van der Waals surface area contributed by atoms with Gasteiger partial charge in [-0.2, -0.15) is 15.4 Å². The fourth-order valence-electron chi connectivity index (χ4n) is 2.16. The molecule has 0 saturated heterocycles. The van der Waals surface area contributed by atoms with Crippen molar-refractivity contribution in [1.29, 1.82) is 0 Å². The lowest BCUT2D eigenvalue weighted by molar-refractivity contribution is 0.456. The number of aryl methyl sites for hydroxylation is 2. The quantitative estimate of drug-likeness (QED) is 0.758. The van der Waals surface area contributed by atoms with Crippen molar-refractivity contribution >= 4 is 0 Å². The molecule has 0 unspecified atom stereocenters. The first-order valence-electron chi connectivity index (χ1n) is 6.59. The van der Waals surface area contributed by atoms with Gasteiger partial charge in [0, 0.05) is 17.4 Å². The molecule has 106 valence electrons. The van der Waals surface area contributed by atoms with E-state index in [1.165, 1.54) is 4.57 Å². The first-order valence-corrected chi connectivity index (χ1v) is 6.59. The Bertz CT molecular complexity index is 779. The van der Waals surface area contributed by atoms with E-state index in [-0.39, 0.29) is 5.75 Å². The van der Waals surface area contributed by atoms with Crippen LogP contribution in [0.15, 0.2) is 53.6 Å². The van der Waals surface area contributed by atoms with E-state index in [1.807, 2.05) is 30.3 Å². The average Bonchev–Trinajstić information content (AvgIpc) is 3.03. The summed E-state index contributed by atoms with van der Waals surface area (Å²) in [6.45, 7) is 0. The third-order valence-electron chi connectivity index (χ3n) is 3.30. The summed E-state index contributed by atoms with van der Waals surface area (Å²) < 4.78 is 1.43. The maximum absolute atomic E-state index is 12.2. The van der Waals surface area contributed by atoms with Gasteiger partial charge in [-0.3, -0.25) is 9.36 Å². The zero-order chi connectivity index (χ0) is 14.7. The number of hydrogen-bond acceptors (Lipinski definition) is 4. The first kappa shape index (κ1) is 13.1. The Morgan fingerprint density at radius 1 is 1.14 bits per heavy atom. The van der Waals surface area contributed by atoms with Gasteiger partial charge in [0.05, 0.1) is 11.9 Å². The molecule has 0 fully saturated rings. The smallest absolute Gasteiger partial charge is 0.297 e. The molecule has 3 aromatic rings. The van der Waals surface area contributed by atoms with Crippen molar-refractivity contribution in [3.63, 3.8) is 0 Å². The van der Waals surface area contributed by atoms with Crippen LogP contribution in [0.25, 0.3) is 5.69 Å². The Hall–Kier alpha value is -2.89. The second kappa shape index (κ2) is 5.62. The van der Waals surface area contributed by atoms with Crippen LogP contribution in [-0.4, -0.2) is 25.1 Å². The molecule has 3 rings (SSSR count). The summed E-state index contributed by atoms with van der Waals surface area (Å²) in [5.74, 6) is -0.218. The highest BCUT2D eigenvalue weighted by molar-refractivity contribution is 5.37. The topological polar surface area (TPSA) is 83.8 Å². The molecule has 6 nitrogen and oxygen atoms in total. The molecule has 0 radical (unpaired) electrons. The molecule has 0 atom stereocenters. The zero-order valence-corrected chi connectivity index (χ0v) is 11.2. The lowest BCUT2D eigenvalue weighted by Gasteiger charge is -2.09. The van der Waals surface area contributed by atoms with Crippen LogP contribution in [0.3, 0.4) is 0 Å². The minimum atomic E-state index is -0.418. The number of pyridine rings is 1. The van der Waals surface area contributed by atoms with Crippen molar-refractivity contribution in [1.82, 2.24) is 20.0 Å². The summed E-state index contributed by atoms with van der Waals surface area (Å²) in [7, 11) is 0. The van der Waals surface area contributed by atoms with Gasteiger partial charge >= 0.3 is 0 Å². The number of aromatic nitrogens is 4. The van der Waals surface area contributed by atoms with E-state index in [0.29, 0.717) is 18.4 Å². The predicted octanol–water partition coefficient (Wildman–Crippen LogP) is 1.45. The van der Waals surface area contributed by atoms with Gasteiger partial charge in [0.15, 0.2) is 5.75 Å². The molecule has 2 aromatic heterocycles. The van der Waals surface area contributed by atoms with E-state index >= 15 is 0 Å². The Balaban J connectivity index is 1.88. The van der Waals surface area contributed by atoms with E-state index < -0.39 is 5.56 Å². The summed E-state index contributed by atoms with van der Waals surface area (Å²) in [6.07, 6.45) is 4.44. The van der Waals surface area contributed by atoms with Crippen LogP contribution in [0.4, 0.5) is 0 Å². The number of nitrogens with one attached hydrogen (secondary N) is 1. The largest absolute Gasteiger partial charge is 0.503 e. The summed E-state index contributed by atoms with van der Waals surface area (Å²) in [6, 6.07) is 10.9. The minimum Gasteiger partial charge on any atom is -0.503 e. The Kier molecular flexibility index (Phi) is 3.51. The summed E-state index contributed by atoms with van der Waals surface area (Å²) >= 11 is 0. The van der Waals surface area contributed by atoms with Gasteiger partial charge in [-0.25, -0.2) is 0 Å². The van der Waals surface area contributed by atoms with Crippen molar-refractivity contribution in [2.75, 3.05) is 0 Å². The fraction of sp³-hybridized carbons (Fsp3) is 0.133. The number of aromatic hydroxyl groups is 1. The van der Waals surface area contributed by atoms with Gasteiger partial charge in [-0.05, 0) is 31.0 Å². The van der Waals surface area contributed by atoms with Crippen LogP contribution in [0.2, 0.25) is 0 Å². The van der Waals surface area contributed by atoms with Crippen LogP contribution >= 0.6 is 0 Å². The average molecular weight is 282 g/mol. The molecular formula is C15H14N4O2. The molecule has 6 heteroatoms. The minimum absolute atomic E-state index is 0.218. The highest BCUT2D eigenvalue weighted by Gasteiger charge is 2.10. The molecule has 2 N–H and O–H groups in total. The summed E-state index contributed by atoms with van der Waals surface area (Å²) in [5.41, 5.74) is 1.71. The van der Waals surface area contributed by atoms with Crippen molar-refractivity contribution in [2.45, 2.75) is 12.8 Å². The molecule has 0 bridgehead atoms. The second-order valence-electron chi connectivity index (χ2n) is 4.66. The maximum Gasteiger partial charge on any atom is 0.297 e. The maximum atomic E-state index is 12.2.